The summed E-state index contributed by atoms with van der Waals surface area (Å²) in [5, 5.41) is 0. The summed E-state index contributed by atoms with van der Waals surface area (Å²) in [6.45, 7) is 9.21. The highest BCUT2D eigenvalue weighted by Gasteiger charge is 2.09. The fourth-order valence-electron chi connectivity index (χ4n) is 0.679. The van der Waals surface area contributed by atoms with Crippen LogP contribution in [-0.2, 0) is 9.53 Å². The zero-order valence-electron chi connectivity index (χ0n) is 8.63. The van der Waals surface area contributed by atoms with Gasteiger partial charge in [0.15, 0.2) is 0 Å². The van der Waals surface area contributed by atoms with Gasteiger partial charge in [0, 0.05) is 5.57 Å². The molecule has 3 heteroatoms. The molecule has 1 unspecified atom stereocenters. The van der Waals surface area contributed by atoms with Gasteiger partial charge >= 0.3 is 5.97 Å². The molecule has 1 atom stereocenters. The van der Waals surface area contributed by atoms with Gasteiger partial charge in [-0.3, -0.25) is 0 Å². The molecule has 0 spiro atoms. The monoisotopic (exact) mass is 202 g/mol. The maximum absolute atomic E-state index is 11.1. The van der Waals surface area contributed by atoms with Crippen LogP contribution in [0.15, 0.2) is 12.2 Å². The molecule has 13 heavy (non-hydrogen) atoms. The second-order valence-corrected chi connectivity index (χ2v) is 4.38. The van der Waals surface area contributed by atoms with Gasteiger partial charge in [-0.05, 0) is 26.0 Å². The van der Waals surface area contributed by atoms with E-state index in [4.69, 9.17) is 4.74 Å². The highest BCUT2D eigenvalue weighted by Crippen LogP contribution is 2.14. The number of hydrogen-bond donors (Lipinski definition) is 0. The van der Waals surface area contributed by atoms with Crippen LogP contribution >= 0.6 is 11.8 Å². The fraction of sp³-hybridized carbons (Fsp3) is 0.700. The molecule has 0 amide bonds. The van der Waals surface area contributed by atoms with Crippen molar-refractivity contribution in [2.45, 2.75) is 39.0 Å². The lowest BCUT2D eigenvalue weighted by molar-refractivity contribution is -0.139. The van der Waals surface area contributed by atoms with Crippen LogP contribution in [0.3, 0.4) is 0 Å². The Morgan fingerprint density at radius 2 is 2.23 bits per heavy atom. The SMILES string of the molecule is C=C(C)C(=O)OC(C)SCCCC. The van der Waals surface area contributed by atoms with Gasteiger partial charge in [0.1, 0.15) is 5.44 Å². The average molecular weight is 202 g/mol. The van der Waals surface area contributed by atoms with Crippen LogP contribution in [0.25, 0.3) is 0 Å². The van der Waals surface area contributed by atoms with Crippen LogP contribution in [0, 0.1) is 0 Å². The van der Waals surface area contributed by atoms with Crippen LogP contribution in [-0.4, -0.2) is 17.2 Å². The molecule has 0 saturated carbocycles. The third-order valence-electron chi connectivity index (χ3n) is 1.47. The molecule has 0 N–H and O–H groups in total. The van der Waals surface area contributed by atoms with Crippen LogP contribution in [0.1, 0.15) is 33.6 Å². The Labute approximate surface area is 84.7 Å². The molecule has 0 heterocycles. The molecule has 0 aliphatic rings. The molecule has 0 bridgehead atoms. The minimum atomic E-state index is -0.295. The van der Waals surface area contributed by atoms with Crippen molar-refractivity contribution in [3.05, 3.63) is 12.2 Å². The normalized spacial score (nSPS) is 12.2. The van der Waals surface area contributed by atoms with Gasteiger partial charge in [-0.15, -0.1) is 11.8 Å². The molecule has 2 nitrogen and oxygen atoms in total. The Hall–Kier alpha value is -0.440. The zero-order valence-corrected chi connectivity index (χ0v) is 9.45. The first-order valence-corrected chi connectivity index (χ1v) is 5.61. The average Bonchev–Trinajstić information content (AvgIpc) is 2.04. The van der Waals surface area contributed by atoms with Crippen molar-refractivity contribution in [2.75, 3.05) is 5.75 Å². The molecular formula is C10H18O2S. The first-order valence-electron chi connectivity index (χ1n) is 4.56. The van der Waals surface area contributed by atoms with E-state index in [0.29, 0.717) is 5.57 Å². The van der Waals surface area contributed by atoms with Crippen LogP contribution in [0.4, 0.5) is 0 Å². The molecule has 0 aromatic heterocycles. The number of hydrogen-bond acceptors (Lipinski definition) is 3. The Morgan fingerprint density at radius 1 is 1.62 bits per heavy atom. The van der Waals surface area contributed by atoms with Gasteiger partial charge in [-0.2, -0.15) is 0 Å². The lowest BCUT2D eigenvalue weighted by Crippen LogP contribution is -2.12. The summed E-state index contributed by atoms with van der Waals surface area (Å²) >= 11 is 1.66. The van der Waals surface area contributed by atoms with Gasteiger partial charge < -0.3 is 4.74 Å². The quantitative estimate of drug-likeness (QED) is 0.287. The van der Waals surface area contributed by atoms with Gasteiger partial charge in [0.05, 0.1) is 0 Å². The molecular weight excluding hydrogens is 184 g/mol. The van der Waals surface area contributed by atoms with E-state index in [-0.39, 0.29) is 11.4 Å². The minimum absolute atomic E-state index is 0.0595. The Morgan fingerprint density at radius 3 is 2.69 bits per heavy atom. The molecule has 0 aromatic carbocycles. The predicted molar refractivity (Wildman–Crippen MR) is 57.7 cm³/mol. The summed E-state index contributed by atoms with van der Waals surface area (Å²) in [4.78, 5) is 11.1. The van der Waals surface area contributed by atoms with Crippen molar-refractivity contribution in [3.8, 4) is 0 Å². The summed E-state index contributed by atoms with van der Waals surface area (Å²) in [6, 6.07) is 0. The third-order valence-corrected chi connectivity index (χ3v) is 2.56. The van der Waals surface area contributed by atoms with E-state index in [1.54, 1.807) is 18.7 Å². The molecule has 0 rings (SSSR count). The van der Waals surface area contributed by atoms with Crippen molar-refractivity contribution in [1.82, 2.24) is 0 Å². The number of rotatable bonds is 6. The van der Waals surface area contributed by atoms with Crippen molar-refractivity contribution in [1.29, 1.82) is 0 Å². The number of thioether (sulfide) groups is 1. The van der Waals surface area contributed by atoms with Crippen molar-refractivity contribution < 1.29 is 9.53 Å². The Bertz CT molecular complexity index is 178. The summed E-state index contributed by atoms with van der Waals surface area (Å²) in [5.41, 5.74) is 0.402. The van der Waals surface area contributed by atoms with E-state index < -0.39 is 0 Å². The van der Waals surface area contributed by atoms with E-state index in [9.17, 15) is 4.79 Å². The van der Waals surface area contributed by atoms with Gasteiger partial charge in [0.2, 0.25) is 0 Å². The molecule has 0 fully saturated rings. The van der Waals surface area contributed by atoms with E-state index in [1.165, 1.54) is 12.8 Å². The van der Waals surface area contributed by atoms with Gasteiger partial charge in [-0.1, -0.05) is 19.9 Å². The maximum Gasteiger partial charge on any atom is 0.334 e. The van der Waals surface area contributed by atoms with Crippen LogP contribution in [0.5, 0.6) is 0 Å². The summed E-state index contributed by atoms with van der Waals surface area (Å²) in [7, 11) is 0. The second kappa shape index (κ2) is 7.01. The van der Waals surface area contributed by atoms with E-state index >= 15 is 0 Å². The molecule has 0 aliphatic heterocycles. The first kappa shape index (κ1) is 12.6. The second-order valence-electron chi connectivity index (χ2n) is 2.98. The van der Waals surface area contributed by atoms with Gasteiger partial charge in [0.25, 0.3) is 0 Å². The van der Waals surface area contributed by atoms with Crippen LogP contribution < -0.4 is 0 Å². The standard InChI is InChI=1S/C10H18O2S/c1-5-6-7-13-9(4)12-10(11)8(2)3/h9H,2,5-7H2,1,3-4H3. The lowest BCUT2D eigenvalue weighted by atomic mass is 10.4. The fourth-order valence-corrected chi connectivity index (χ4v) is 1.62. The molecule has 76 valence electrons. The summed E-state index contributed by atoms with van der Waals surface area (Å²) in [6.07, 6.45) is 2.34. The maximum atomic E-state index is 11.1. The largest absolute Gasteiger partial charge is 0.448 e. The smallest absolute Gasteiger partial charge is 0.334 e. The first-order chi connectivity index (χ1) is 6.07. The summed E-state index contributed by atoms with van der Waals surface area (Å²) < 4.78 is 5.08. The Balaban J connectivity index is 3.55. The molecule has 0 radical (unpaired) electrons. The van der Waals surface area contributed by atoms with E-state index in [2.05, 4.69) is 13.5 Å². The molecule has 0 aliphatic carbocycles. The highest BCUT2D eigenvalue weighted by atomic mass is 32.2. The lowest BCUT2D eigenvalue weighted by Gasteiger charge is -2.11. The molecule has 0 saturated heterocycles. The molecule has 0 aromatic rings. The van der Waals surface area contributed by atoms with Crippen molar-refractivity contribution in [3.63, 3.8) is 0 Å². The summed E-state index contributed by atoms with van der Waals surface area (Å²) in [5.74, 6) is 0.748. The predicted octanol–water partition coefficient (Wildman–Crippen LogP) is 2.99. The Kier molecular flexibility index (Phi) is 6.77. The number of carbonyl (C=O) groups excluding carboxylic acids is 1. The highest BCUT2D eigenvalue weighted by molar-refractivity contribution is 7.99. The third kappa shape index (κ3) is 6.70. The van der Waals surface area contributed by atoms with E-state index in [1.807, 2.05) is 6.92 Å². The van der Waals surface area contributed by atoms with Crippen LogP contribution in [0.2, 0.25) is 0 Å². The van der Waals surface area contributed by atoms with E-state index in [0.717, 1.165) is 5.75 Å². The zero-order chi connectivity index (χ0) is 10.3. The topological polar surface area (TPSA) is 26.3 Å². The number of unbranched alkanes of at least 4 members (excludes halogenated alkanes) is 1. The number of ether oxygens (including phenoxy) is 1. The number of esters is 1. The van der Waals surface area contributed by atoms with Crippen molar-refractivity contribution in [2.24, 2.45) is 0 Å². The van der Waals surface area contributed by atoms with Crippen molar-refractivity contribution >= 4 is 17.7 Å². The number of carbonyl (C=O) groups is 1. The minimum Gasteiger partial charge on any atom is -0.448 e. The van der Waals surface area contributed by atoms with Gasteiger partial charge in [-0.25, -0.2) is 4.79 Å².